The number of hydrogen-bond acceptors (Lipinski definition) is 6. The van der Waals surface area contributed by atoms with E-state index in [0.717, 1.165) is 18.2 Å². The summed E-state index contributed by atoms with van der Waals surface area (Å²) in [5, 5.41) is 0.122. The minimum Gasteiger partial charge on any atom is -0.489 e. The molecule has 1 fully saturated rings. The minimum atomic E-state index is -4.59. The van der Waals surface area contributed by atoms with Gasteiger partial charge in [0.1, 0.15) is 18.5 Å². The van der Waals surface area contributed by atoms with Crippen molar-refractivity contribution in [3.8, 4) is 5.75 Å². The third-order valence-corrected chi connectivity index (χ3v) is 5.01. The van der Waals surface area contributed by atoms with Gasteiger partial charge in [-0.05, 0) is 29.8 Å². The molecule has 2 aromatic rings. The molecule has 1 amide bonds. The minimum absolute atomic E-state index is 0.0566. The van der Waals surface area contributed by atoms with E-state index in [4.69, 9.17) is 21.1 Å². The third kappa shape index (κ3) is 6.10. The number of pyridine rings is 1. The number of morpholine rings is 1. The Kier molecular flexibility index (Phi) is 7.57. The van der Waals surface area contributed by atoms with Crippen LogP contribution in [-0.2, 0) is 26.9 Å². The number of rotatable bonds is 6. The monoisotopic (exact) mass is 472 g/mol. The van der Waals surface area contributed by atoms with E-state index in [2.05, 4.69) is 9.72 Å². The molecule has 1 aromatic carbocycles. The number of methoxy groups -OCH3 is 1. The molecule has 0 saturated carbocycles. The molecule has 0 radical (unpaired) electrons. The first kappa shape index (κ1) is 23.8. The molecule has 32 heavy (non-hydrogen) atoms. The highest BCUT2D eigenvalue weighted by molar-refractivity contribution is 6.30. The summed E-state index contributed by atoms with van der Waals surface area (Å²) in [6.07, 6.45) is -2.78. The Morgan fingerprint density at radius 3 is 2.78 bits per heavy atom. The molecule has 1 aromatic heterocycles. The zero-order chi connectivity index (χ0) is 23.3. The number of nitrogens with zero attached hydrogens (tertiary/aromatic N) is 2. The van der Waals surface area contributed by atoms with Gasteiger partial charge in [-0.2, -0.15) is 13.2 Å². The van der Waals surface area contributed by atoms with Crippen molar-refractivity contribution in [1.29, 1.82) is 0 Å². The van der Waals surface area contributed by atoms with Gasteiger partial charge in [0.2, 0.25) is 5.91 Å². The zero-order valence-corrected chi connectivity index (χ0v) is 17.8. The van der Waals surface area contributed by atoms with Gasteiger partial charge in [0.25, 0.3) is 0 Å². The van der Waals surface area contributed by atoms with Crippen molar-refractivity contribution < 1.29 is 37.0 Å². The molecule has 11 heteroatoms. The van der Waals surface area contributed by atoms with Crippen LogP contribution in [0.2, 0.25) is 5.02 Å². The summed E-state index contributed by atoms with van der Waals surface area (Å²) in [6, 6.07) is 4.63. The standard InChI is InChI=1S/C21H20ClF3N2O5/c1-30-20(29)14-7-16(10-26-9-14)32-12-17-11-27(4-5-31-17)19(28)8-13-6-15(22)2-3-18(13)21(23,24)25/h2-3,6-7,9-10,17H,4-5,8,11-12H2,1H3. The van der Waals surface area contributed by atoms with Crippen molar-refractivity contribution in [1.82, 2.24) is 9.88 Å². The Hall–Kier alpha value is -2.85. The van der Waals surface area contributed by atoms with Crippen LogP contribution in [-0.4, -0.2) is 61.3 Å². The molecule has 172 valence electrons. The molecular formula is C21H20ClF3N2O5. The Balaban J connectivity index is 1.61. The largest absolute Gasteiger partial charge is 0.489 e. The van der Waals surface area contributed by atoms with Gasteiger partial charge in [0.05, 0.1) is 44.0 Å². The number of alkyl halides is 3. The highest BCUT2D eigenvalue weighted by Crippen LogP contribution is 2.33. The van der Waals surface area contributed by atoms with E-state index < -0.39 is 36.1 Å². The molecule has 0 N–H and O–H groups in total. The van der Waals surface area contributed by atoms with Gasteiger partial charge in [-0.25, -0.2) is 4.79 Å². The Morgan fingerprint density at radius 1 is 1.28 bits per heavy atom. The molecule has 3 rings (SSSR count). The van der Waals surface area contributed by atoms with Gasteiger partial charge in [0.15, 0.2) is 0 Å². The number of aromatic nitrogens is 1. The predicted molar refractivity (Wildman–Crippen MR) is 108 cm³/mol. The molecule has 1 saturated heterocycles. The number of esters is 1. The molecule has 1 aliphatic rings. The number of carbonyl (C=O) groups is 2. The van der Waals surface area contributed by atoms with Crippen LogP contribution in [0.5, 0.6) is 5.75 Å². The number of ether oxygens (including phenoxy) is 3. The molecule has 1 unspecified atom stereocenters. The van der Waals surface area contributed by atoms with E-state index in [9.17, 15) is 22.8 Å². The van der Waals surface area contributed by atoms with Crippen LogP contribution < -0.4 is 4.74 Å². The molecular weight excluding hydrogens is 453 g/mol. The van der Waals surface area contributed by atoms with Gasteiger partial charge < -0.3 is 19.1 Å². The second-order valence-corrected chi connectivity index (χ2v) is 7.46. The van der Waals surface area contributed by atoms with Crippen LogP contribution in [0.15, 0.2) is 36.7 Å². The molecule has 0 spiro atoms. The molecule has 7 nitrogen and oxygen atoms in total. The summed E-state index contributed by atoms with van der Waals surface area (Å²) < 4.78 is 55.6. The fourth-order valence-electron chi connectivity index (χ4n) is 3.22. The fourth-order valence-corrected chi connectivity index (χ4v) is 3.42. The Bertz CT molecular complexity index is 986. The first-order chi connectivity index (χ1) is 15.2. The SMILES string of the molecule is COC(=O)c1cncc(OCC2CN(C(=O)Cc3cc(Cl)ccc3C(F)(F)F)CCO2)c1. The molecule has 1 aliphatic heterocycles. The number of benzene rings is 1. The summed E-state index contributed by atoms with van der Waals surface area (Å²) in [6.45, 7) is 0.657. The van der Waals surface area contributed by atoms with Gasteiger partial charge in [0, 0.05) is 17.8 Å². The maximum absolute atomic E-state index is 13.3. The van der Waals surface area contributed by atoms with E-state index in [1.165, 1.54) is 30.5 Å². The third-order valence-electron chi connectivity index (χ3n) is 4.78. The van der Waals surface area contributed by atoms with Gasteiger partial charge >= 0.3 is 12.1 Å². The number of carbonyl (C=O) groups excluding carboxylic acids is 2. The second kappa shape index (κ2) is 10.2. The van der Waals surface area contributed by atoms with Crippen LogP contribution in [0.25, 0.3) is 0 Å². The van der Waals surface area contributed by atoms with Crippen LogP contribution >= 0.6 is 11.6 Å². The lowest BCUT2D eigenvalue weighted by molar-refractivity contribution is -0.141. The second-order valence-electron chi connectivity index (χ2n) is 7.02. The number of halogens is 4. The van der Waals surface area contributed by atoms with Crippen LogP contribution in [0, 0.1) is 0 Å². The van der Waals surface area contributed by atoms with Crippen molar-refractivity contribution in [3.05, 3.63) is 58.4 Å². The van der Waals surface area contributed by atoms with Gasteiger partial charge in [-0.15, -0.1) is 0 Å². The smallest absolute Gasteiger partial charge is 0.416 e. The van der Waals surface area contributed by atoms with Gasteiger partial charge in [-0.1, -0.05) is 11.6 Å². The fraction of sp³-hybridized carbons (Fsp3) is 0.381. The average Bonchev–Trinajstić information content (AvgIpc) is 2.76. The summed E-state index contributed by atoms with van der Waals surface area (Å²) in [5.41, 5.74) is -0.852. The maximum atomic E-state index is 13.3. The average molecular weight is 473 g/mol. The molecule has 0 bridgehead atoms. The number of amides is 1. The van der Waals surface area contributed by atoms with E-state index >= 15 is 0 Å². The first-order valence-corrected chi connectivity index (χ1v) is 9.96. The van der Waals surface area contributed by atoms with Crippen LogP contribution in [0.1, 0.15) is 21.5 Å². The van der Waals surface area contributed by atoms with Gasteiger partial charge in [-0.3, -0.25) is 9.78 Å². The Labute approximate surface area is 187 Å². The van der Waals surface area contributed by atoms with E-state index in [1.807, 2.05) is 0 Å². The van der Waals surface area contributed by atoms with Crippen LogP contribution in [0.3, 0.4) is 0 Å². The summed E-state index contributed by atoms with van der Waals surface area (Å²) >= 11 is 5.84. The van der Waals surface area contributed by atoms with Crippen molar-refractivity contribution in [2.24, 2.45) is 0 Å². The van der Waals surface area contributed by atoms with Crippen molar-refractivity contribution in [2.45, 2.75) is 18.7 Å². The topological polar surface area (TPSA) is 78.0 Å². The lowest BCUT2D eigenvalue weighted by Crippen LogP contribution is -2.48. The predicted octanol–water partition coefficient (Wildman–Crippen LogP) is 3.39. The van der Waals surface area contributed by atoms with E-state index in [0.29, 0.717) is 5.75 Å². The van der Waals surface area contributed by atoms with Crippen molar-refractivity contribution in [3.63, 3.8) is 0 Å². The van der Waals surface area contributed by atoms with E-state index in [-0.39, 0.29) is 42.5 Å². The summed E-state index contributed by atoms with van der Waals surface area (Å²) in [5.74, 6) is -0.720. The van der Waals surface area contributed by atoms with E-state index in [1.54, 1.807) is 0 Å². The quantitative estimate of drug-likeness (QED) is 0.600. The highest BCUT2D eigenvalue weighted by atomic mass is 35.5. The lowest BCUT2D eigenvalue weighted by Gasteiger charge is -2.33. The van der Waals surface area contributed by atoms with Crippen molar-refractivity contribution in [2.75, 3.05) is 33.4 Å². The Morgan fingerprint density at radius 2 is 2.06 bits per heavy atom. The van der Waals surface area contributed by atoms with Crippen LogP contribution in [0.4, 0.5) is 13.2 Å². The summed E-state index contributed by atoms with van der Waals surface area (Å²) in [4.78, 5) is 29.6. The summed E-state index contributed by atoms with van der Waals surface area (Å²) in [7, 11) is 1.25. The zero-order valence-electron chi connectivity index (χ0n) is 17.0. The lowest BCUT2D eigenvalue weighted by atomic mass is 10.0. The normalized spacial score (nSPS) is 16.5. The molecule has 1 atom stereocenters. The highest BCUT2D eigenvalue weighted by Gasteiger charge is 2.34. The molecule has 2 heterocycles. The first-order valence-electron chi connectivity index (χ1n) is 9.58. The van der Waals surface area contributed by atoms with Crippen molar-refractivity contribution >= 4 is 23.5 Å². The molecule has 0 aliphatic carbocycles. The maximum Gasteiger partial charge on any atom is 0.416 e. The number of hydrogen-bond donors (Lipinski definition) is 0.